The van der Waals surface area contributed by atoms with Crippen molar-refractivity contribution in [3.05, 3.63) is 52.1 Å². The van der Waals surface area contributed by atoms with Gasteiger partial charge in [-0.1, -0.05) is 6.07 Å². The summed E-state index contributed by atoms with van der Waals surface area (Å²) in [4.78, 5) is 13.5. The fourth-order valence-corrected chi connectivity index (χ4v) is 6.45. The average Bonchev–Trinajstić information content (AvgIpc) is 3.55. The van der Waals surface area contributed by atoms with Crippen LogP contribution in [0.3, 0.4) is 0 Å². The maximum Gasteiger partial charge on any atom is 0.458 e. The molecule has 1 saturated heterocycles. The van der Waals surface area contributed by atoms with Crippen LogP contribution < -0.4 is 14.8 Å². The van der Waals surface area contributed by atoms with Gasteiger partial charge in [0.2, 0.25) is 0 Å². The number of carbonyl (C=O) groups excluding carboxylic acids is 1. The lowest BCUT2D eigenvalue weighted by molar-refractivity contribution is 0.00578. The van der Waals surface area contributed by atoms with Crippen LogP contribution in [0.1, 0.15) is 68.4 Å². The van der Waals surface area contributed by atoms with Crippen LogP contribution in [-0.2, 0) is 52.4 Å². The molecule has 37 heavy (non-hydrogen) atoms. The predicted octanol–water partition coefficient (Wildman–Crippen LogP) is 5.15. The monoisotopic (exact) mass is 524 g/mol. The van der Waals surface area contributed by atoms with Gasteiger partial charge in [0.25, 0.3) is 0 Å². The number of fused-ring (bicyclic) bond motifs is 2. The quantitative estimate of drug-likeness (QED) is 0.490. The van der Waals surface area contributed by atoms with Gasteiger partial charge in [0, 0.05) is 5.69 Å². The Hall–Kier alpha value is -2.36. The van der Waals surface area contributed by atoms with E-state index in [-0.39, 0.29) is 18.3 Å². The minimum Gasteiger partial charge on any atom is -0.496 e. The topological polar surface area (TPSA) is 85.9 Å². The largest absolute Gasteiger partial charge is 0.496 e. The number of urea groups is 1. The number of methoxy groups -OCH3 is 1. The molecule has 2 aliphatic carbocycles. The Balaban J connectivity index is 1.26. The standard InChI is InChI=1S/C28H37BN2O5S/c1-27(2)28(3,4)36-29(35-27)15-14-20-17-21(12-13-24(20)34-5)37(33)31-26(32)30-25-22-10-6-8-18(22)16-19-9-7-11-23(19)25/h12-13,16-17H,6-11,14-15H2,1-5H3,(H2,30,31,32). The molecule has 2 amide bonds. The van der Waals surface area contributed by atoms with Crippen LogP contribution in [0.25, 0.3) is 0 Å². The Morgan fingerprint density at radius 1 is 1.00 bits per heavy atom. The van der Waals surface area contributed by atoms with Gasteiger partial charge in [-0.25, -0.2) is 9.00 Å². The second-order valence-electron chi connectivity index (χ2n) is 11.3. The summed E-state index contributed by atoms with van der Waals surface area (Å²) in [6, 6.07) is 7.24. The van der Waals surface area contributed by atoms with E-state index in [1.165, 1.54) is 22.3 Å². The third kappa shape index (κ3) is 5.18. The number of rotatable bonds is 7. The number of ether oxygens (including phenoxy) is 1. The Kier molecular flexibility index (Phi) is 7.15. The summed E-state index contributed by atoms with van der Waals surface area (Å²) >= 11 is 0. The first-order valence-corrected chi connectivity index (χ1v) is 14.4. The molecule has 9 heteroatoms. The van der Waals surface area contributed by atoms with Crippen LogP contribution in [0.2, 0.25) is 6.32 Å². The Labute approximate surface area is 222 Å². The highest BCUT2D eigenvalue weighted by Gasteiger charge is 2.50. The van der Waals surface area contributed by atoms with Gasteiger partial charge in [0.15, 0.2) is 11.0 Å². The van der Waals surface area contributed by atoms with Crippen LogP contribution in [0.15, 0.2) is 29.2 Å². The Morgan fingerprint density at radius 3 is 2.22 bits per heavy atom. The van der Waals surface area contributed by atoms with E-state index in [4.69, 9.17) is 14.0 Å². The van der Waals surface area contributed by atoms with Crippen LogP contribution in [0, 0.1) is 0 Å². The first-order valence-electron chi connectivity index (χ1n) is 13.3. The van der Waals surface area contributed by atoms with Crippen molar-refractivity contribution in [2.45, 2.75) is 95.1 Å². The van der Waals surface area contributed by atoms with Crippen molar-refractivity contribution in [1.29, 1.82) is 0 Å². The molecule has 1 heterocycles. The van der Waals surface area contributed by atoms with Crippen LogP contribution in [0.5, 0.6) is 5.75 Å². The first-order chi connectivity index (χ1) is 17.6. The summed E-state index contributed by atoms with van der Waals surface area (Å²) in [7, 11) is -0.428. The third-order valence-electron chi connectivity index (χ3n) is 8.31. The Morgan fingerprint density at radius 2 is 1.62 bits per heavy atom. The second-order valence-corrected chi connectivity index (χ2v) is 12.5. The predicted molar refractivity (Wildman–Crippen MR) is 147 cm³/mol. The van der Waals surface area contributed by atoms with Gasteiger partial charge < -0.3 is 19.4 Å². The number of aryl methyl sites for hydroxylation is 3. The van der Waals surface area contributed by atoms with Gasteiger partial charge in [0.05, 0.1) is 23.2 Å². The summed E-state index contributed by atoms with van der Waals surface area (Å²) < 4.78 is 33.6. The van der Waals surface area contributed by atoms with Crippen molar-refractivity contribution in [3.8, 4) is 5.75 Å². The lowest BCUT2D eigenvalue weighted by atomic mass is 9.81. The highest BCUT2D eigenvalue weighted by atomic mass is 32.2. The van der Waals surface area contributed by atoms with E-state index in [9.17, 15) is 9.00 Å². The minimum absolute atomic E-state index is 0.331. The molecule has 0 spiro atoms. The molecule has 0 aromatic heterocycles. The lowest BCUT2D eigenvalue weighted by Crippen LogP contribution is -2.41. The summed E-state index contributed by atoms with van der Waals surface area (Å²) in [6.45, 7) is 8.14. The smallest absolute Gasteiger partial charge is 0.458 e. The van der Waals surface area contributed by atoms with Crippen LogP contribution >= 0.6 is 0 Å². The van der Waals surface area contributed by atoms with Crippen molar-refractivity contribution in [2.75, 3.05) is 12.4 Å². The van der Waals surface area contributed by atoms with E-state index >= 15 is 0 Å². The average molecular weight is 524 g/mol. The Bertz CT molecular complexity index is 1200. The lowest BCUT2D eigenvalue weighted by Gasteiger charge is -2.32. The minimum atomic E-state index is -1.71. The molecule has 0 bridgehead atoms. The number of amides is 2. The zero-order valence-corrected chi connectivity index (χ0v) is 23.3. The molecule has 1 atom stereocenters. The van der Waals surface area contributed by atoms with Crippen molar-refractivity contribution in [2.24, 2.45) is 0 Å². The van der Waals surface area contributed by atoms with Crippen molar-refractivity contribution in [1.82, 2.24) is 4.72 Å². The fourth-order valence-electron chi connectivity index (χ4n) is 5.67. The highest BCUT2D eigenvalue weighted by molar-refractivity contribution is 7.83. The van der Waals surface area contributed by atoms with Crippen LogP contribution in [0.4, 0.5) is 10.5 Å². The summed E-state index contributed by atoms with van der Waals surface area (Å²) in [5.74, 6) is 0.706. The van der Waals surface area contributed by atoms with Crippen molar-refractivity contribution >= 4 is 29.8 Å². The number of hydrogen-bond donors (Lipinski definition) is 2. The number of benzene rings is 2. The molecule has 7 nitrogen and oxygen atoms in total. The molecular formula is C28H37BN2O5S. The molecule has 0 saturated carbocycles. The summed E-state index contributed by atoms with van der Waals surface area (Å²) in [5.41, 5.74) is 6.24. The van der Waals surface area contributed by atoms with Gasteiger partial charge in [0.1, 0.15) is 5.75 Å². The van der Waals surface area contributed by atoms with E-state index in [1.807, 2.05) is 33.8 Å². The molecule has 3 aliphatic rings. The molecule has 198 valence electrons. The van der Waals surface area contributed by atoms with Crippen molar-refractivity contribution < 1.29 is 23.0 Å². The summed E-state index contributed by atoms with van der Waals surface area (Å²) in [6.07, 6.45) is 7.56. The number of anilines is 1. The maximum absolute atomic E-state index is 13.1. The summed E-state index contributed by atoms with van der Waals surface area (Å²) in [5, 5.41) is 3.06. The van der Waals surface area contributed by atoms with Crippen LogP contribution in [-0.4, -0.2) is 35.7 Å². The SMILES string of the molecule is COc1ccc(S(=O)NC(=O)Nc2c3c(cc4c2CCC4)CCC3)cc1CCB1OC(C)(C)C(C)(C)O1. The highest BCUT2D eigenvalue weighted by Crippen LogP contribution is 2.39. The molecule has 2 aromatic rings. The maximum atomic E-state index is 13.1. The molecule has 1 fully saturated rings. The van der Waals surface area contributed by atoms with E-state index in [0.29, 0.717) is 23.4 Å². The van der Waals surface area contributed by atoms with Gasteiger partial charge in [-0.05, 0) is 125 Å². The van der Waals surface area contributed by atoms with E-state index in [1.54, 1.807) is 19.2 Å². The first kappa shape index (κ1) is 26.3. The van der Waals surface area contributed by atoms with E-state index in [0.717, 1.165) is 49.8 Å². The number of hydrogen-bond acceptors (Lipinski definition) is 5. The zero-order chi connectivity index (χ0) is 26.4. The number of carbonyl (C=O) groups is 1. The normalized spacial score (nSPS) is 19.9. The molecule has 2 N–H and O–H groups in total. The zero-order valence-electron chi connectivity index (χ0n) is 22.5. The molecule has 1 aliphatic heterocycles. The molecule has 5 rings (SSSR count). The van der Waals surface area contributed by atoms with Gasteiger partial charge >= 0.3 is 13.1 Å². The molecule has 0 radical (unpaired) electrons. The van der Waals surface area contributed by atoms with Gasteiger partial charge in [-0.15, -0.1) is 0 Å². The van der Waals surface area contributed by atoms with E-state index in [2.05, 4.69) is 16.1 Å². The third-order valence-corrected chi connectivity index (χ3v) is 9.37. The molecule has 2 aromatic carbocycles. The van der Waals surface area contributed by atoms with E-state index < -0.39 is 17.0 Å². The molecule has 1 unspecified atom stereocenters. The number of nitrogens with one attached hydrogen (secondary N) is 2. The second kappa shape index (κ2) is 10.1. The van der Waals surface area contributed by atoms with Gasteiger partial charge in [-0.3, -0.25) is 4.72 Å². The van der Waals surface area contributed by atoms with Crippen molar-refractivity contribution in [3.63, 3.8) is 0 Å². The molecular weight excluding hydrogens is 487 g/mol. The van der Waals surface area contributed by atoms with Gasteiger partial charge in [-0.2, -0.15) is 0 Å². The fraction of sp³-hybridized carbons (Fsp3) is 0.536.